The van der Waals surface area contributed by atoms with E-state index in [0.29, 0.717) is 23.4 Å². The van der Waals surface area contributed by atoms with Crippen molar-refractivity contribution in [3.8, 4) is 11.1 Å². The summed E-state index contributed by atoms with van der Waals surface area (Å²) in [5, 5.41) is 0.552. The molecule has 3 heterocycles. The fraction of sp³-hybridized carbons (Fsp3) is 0.412. The van der Waals surface area contributed by atoms with Crippen molar-refractivity contribution in [1.29, 1.82) is 0 Å². The second kappa shape index (κ2) is 6.10. The zero-order chi connectivity index (χ0) is 16.7. The minimum Gasteiger partial charge on any atom is -0.381 e. The second-order valence-electron chi connectivity index (χ2n) is 6.31. The van der Waals surface area contributed by atoms with Gasteiger partial charge in [0.2, 0.25) is 10.0 Å². The van der Waals surface area contributed by atoms with Crippen molar-refractivity contribution in [3.05, 3.63) is 41.0 Å². The number of rotatable bonds is 2. The van der Waals surface area contributed by atoms with Gasteiger partial charge in [-0.25, -0.2) is 8.42 Å². The molecule has 2 aliphatic heterocycles. The molecule has 128 valence electrons. The maximum absolute atomic E-state index is 11.9. The smallest absolute Gasteiger partial charge is 0.235 e. The molecule has 0 aliphatic carbocycles. The molecule has 0 spiro atoms. The average Bonchev–Trinajstić information content (AvgIpc) is 2.90. The summed E-state index contributed by atoms with van der Waals surface area (Å²) in [5.41, 5.74) is 3.09. The lowest BCUT2D eigenvalue weighted by molar-refractivity contribution is 0.0853. The van der Waals surface area contributed by atoms with Crippen LogP contribution in [0.4, 0.5) is 5.82 Å². The molecule has 1 N–H and O–H groups in total. The van der Waals surface area contributed by atoms with Gasteiger partial charge in [0.15, 0.2) is 0 Å². The highest BCUT2D eigenvalue weighted by Crippen LogP contribution is 2.37. The van der Waals surface area contributed by atoms with Crippen LogP contribution in [0, 0.1) is 0 Å². The number of halogens is 1. The summed E-state index contributed by atoms with van der Waals surface area (Å²) in [6, 6.07) is 10.2. The van der Waals surface area contributed by atoms with Gasteiger partial charge in [0.05, 0.1) is 5.75 Å². The predicted molar refractivity (Wildman–Crippen MR) is 95.1 cm³/mol. The van der Waals surface area contributed by atoms with Gasteiger partial charge in [0.25, 0.3) is 0 Å². The van der Waals surface area contributed by atoms with Crippen molar-refractivity contribution < 1.29 is 13.2 Å². The number of aromatic nitrogens is 1. The van der Waals surface area contributed by atoms with E-state index in [4.69, 9.17) is 16.3 Å². The Morgan fingerprint density at radius 3 is 2.58 bits per heavy atom. The van der Waals surface area contributed by atoms with E-state index in [1.807, 2.05) is 22.8 Å². The highest BCUT2D eigenvalue weighted by Gasteiger charge is 2.26. The van der Waals surface area contributed by atoms with E-state index < -0.39 is 10.0 Å². The molecule has 2 aromatic rings. The van der Waals surface area contributed by atoms with Gasteiger partial charge in [-0.1, -0.05) is 35.9 Å². The summed E-state index contributed by atoms with van der Waals surface area (Å²) in [5.74, 6) is 1.15. The van der Waals surface area contributed by atoms with Crippen LogP contribution in [0.3, 0.4) is 0 Å². The molecule has 0 bridgehead atoms. The molecule has 0 radical (unpaired) electrons. The number of nitrogens with zero attached hydrogens (tertiary/aromatic N) is 1. The summed E-state index contributed by atoms with van der Waals surface area (Å²) in [7, 11) is -3.28. The summed E-state index contributed by atoms with van der Waals surface area (Å²) in [4.78, 5) is 0. The Labute approximate surface area is 146 Å². The standard InChI is InChI=1S/C17H19ClN2O3S/c18-16-11-15(17-19-24(21,22)10-7-20(16)17)14-3-1-12(2-4-14)13-5-8-23-9-6-13/h1-4,11,13,19H,5-10H2. The number of sulfonamides is 1. The Morgan fingerprint density at radius 1 is 1.17 bits per heavy atom. The first-order valence-electron chi connectivity index (χ1n) is 8.11. The predicted octanol–water partition coefficient (Wildman–Crippen LogP) is 3.46. The molecule has 1 aromatic heterocycles. The van der Waals surface area contributed by atoms with Gasteiger partial charge in [-0.3, -0.25) is 4.72 Å². The molecular formula is C17H19ClN2O3S. The van der Waals surface area contributed by atoms with E-state index in [2.05, 4.69) is 16.9 Å². The number of ether oxygens (including phenoxy) is 1. The summed E-state index contributed by atoms with van der Waals surface area (Å²) in [6.07, 6.45) is 2.10. The van der Waals surface area contributed by atoms with Crippen LogP contribution >= 0.6 is 11.6 Å². The number of fused-ring (bicyclic) bond motifs is 1. The third-order valence-corrected chi connectivity index (χ3v) is 6.33. The highest BCUT2D eigenvalue weighted by atomic mass is 35.5. The normalized spacial score (nSPS) is 20.4. The van der Waals surface area contributed by atoms with Gasteiger partial charge in [0.1, 0.15) is 11.0 Å². The first-order valence-corrected chi connectivity index (χ1v) is 10.1. The Kier molecular flexibility index (Phi) is 4.06. The van der Waals surface area contributed by atoms with Gasteiger partial charge in [0, 0.05) is 25.3 Å². The molecule has 24 heavy (non-hydrogen) atoms. The molecule has 4 rings (SSSR count). The van der Waals surface area contributed by atoms with Gasteiger partial charge >= 0.3 is 0 Å². The van der Waals surface area contributed by atoms with Crippen LogP contribution in [0.15, 0.2) is 30.3 Å². The number of nitrogens with one attached hydrogen (secondary N) is 1. The van der Waals surface area contributed by atoms with E-state index >= 15 is 0 Å². The molecule has 1 fully saturated rings. The zero-order valence-electron chi connectivity index (χ0n) is 13.2. The fourth-order valence-corrected chi connectivity index (χ4v) is 4.76. The molecule has 0 amide bonds. The van der Waals surface area contributed by atoms with E-state index in [1.165, 1.54) is 5.56 Å². The molecule has 5 nitrogen and oxygen atoms in total. The van der Waals surface area contributed by atoms with Crippen LogP contribution in [0.2, 0.25) is 5.15 Å². The first-order chi connectivity index (χ1) is 11.5. The molecule has 1 saturated heterocycles. The van der Waals surface area contributed by atoms with Crippen LogP contribution in [0.5, 0.6) is 0 Å². The van der Waals surface area contributed by atoms with Gasteiger partial charge in [-0.2, -0.15) is 0 Å². The maximum atomic E-state index is 11.9. The van der Waals surface area contributed by atoms with Crippen molar-refractivity contribution >= 4 is 27.4 Å². The van der Waals surface area contributed by atoms with Crippen LogP contribution in [-0.4, -0.2) is 32.0 Å². The molecule has 0 unspecified atom stereocenters. The zero-order valence-corrected chi connectivity index (χ0v) is 14.7. The van der Waals surface area contributed by atoms with Gasteiger partial charge in [-0.15, -0.1) is 0 Å². The van der Waals surface area contributed by atoms with Crippen molar-refractivity contribution in [2.75, 3.05) is 23.7 Å². The fourth-order valence-electron chi connectivity index (χ4n) is 3.44. The Balaban J connectivity index is 1.67. The lowest BCUT2D eigenvalue weighted by Gasteiger charge is -2.22. The lowest BCUT2D eigenvalue weighted by Crippen LogP contribution is -2.27. The van der Waals surface area contributed by atoms with E-state index in [-0.39, 0.29) is 5.75 Å². The Hall–Kier alpha value is -1.50. The molecule has 0 atom stereocenters. The number of anilines is 1. The number of hydrogen-bond donors (Lipinski definition) is 1. The van der Waals surface area contributed by atoms with Crippen molar-refractivity contribution in [3.63, 3.8) is 0 Å². The highest BCUT2D eigenvalue weighted by molar-refractivity contribution is 7.92. The van der Waals surface area contributed by atoms with Crippen molar-refractivity contribution in [2.45, 2.75) is 25.3 Å². The van der Waals surface area contributed by atoms with Crippen LogP contribution < -0.4 is 4.72 Å². The van der Waals surface area contributed by atoms with Gasteiger partial charge < -0.3 is 9.30 Å². The third kappa shape index (κ3) is 2.94. The molecule has 1 aromatic carbocycles. The first kappa shape index (κ1) is 16.0. The van der Waals surface area contributed by atoms with Crippen LogP contribution in [0.25, 0.3) is 11.1 Å². The number of hydrogen-bond acceptors (Lipinski definition) is 3. The quantitative estimate of drug-likeness (QED) is 0.885. The Bertz CT molecular complexity index is 853. The summed E-state index contributed by atoms with van der Waals surface area (Å²) >= 11 is 6.27. The SMILES string of the molecule is O=S1(=O)CCn2c(Cl)cc(-c3ccc(C4CCOCC4)cc3)c2N1. The molecule has 0 saturated carbocycles. The van der Waals surface area contributed by atoms with E-state index in [1.54, 1.807) is 0 Å². The Morgan fingerprint density at radius 2 is 1.88 bits per heavy atom. The van der Waals surface area contributed by atoms with Gasteiger partial charge in [-0.05, 0) is 36.0 Å². The summed E-state index contributed by atoms with van der Waals surface area (Å²) in [6.45, 7) is 2.01. The average molecular weight is 367 g/mol. The van der Waals surface area contributed by atoms with Crippen molar-refractivity contribution in [2.24, 2.45) is 0 Å². The molecule has 2 aliphatic rings. The largest absolute Gasteiger partial charge is 0.381 e. The van der Waals surface area contributed by atoms with E-state index in [9.17, 15) is 8.42 Å². The summed E-state index contributed by atoms with van der Waals surface area (Å²) < 4.78 is 33.6. The number of benzene rings is 1. The molecule has 7 heteroatoms. The van der Waals surface area contributed by atoms with Crippen LogP contribution in [0.1, 0.15) is 24.3 Å². The molecular weight excluding hydrogens is 348 g/mol. The van der Waals surface area contributed by atoms with Crippen LogP contribution in [-0.2, 0) is 21.3 Å². The minimum absolute atomic E-state index is 0.0521. The maximum Gasteiger partial charge on any atom is 0.235 e. The van der Waals surface area contributed by atoms with E-state index in [0.717, 1.165) is 37.2 Å². The lowest BCUT2D eigenvalue weighted by atomic mass is 9.90. The van der Waals surface area contributed by atoms with Crippen molar-refractivity contribution in [1.82, 2.24) is 4.57 Å². The minimum atomic E-state index is -3.28. The topological polar surface area (TPSA) is 60.3 Å². The third-order valence-electron chi connectivity index (χ3n) is 4.80. The second-order valence-corrected chi connectivity index (χ2v) is 8.54. The monoisotopic (exact) mass is 366 g/mol.